The Balaban J connectivity index is 2.11. The molecule has 0 saturated heterocycles. The summed E-state index contributed by atoms with van der Waals surface area (Å²) in [6.45, 7) is 2.73. The molecule has 0 bridgehead atoms. The van der Waals surface area contributed by atoms with E-state index in [4.69, 9.17) is 5.73 Å². The summed E-state index contributed by atoms with van der Waals surface area (Å²) in [4.78, 5) is 4.92. The lowest BCUT2D eigenvalue weighted by molar-refractivity contribution is 0.0144. The number of rotatable bonds is 4. The number of thiophene rings is 1. The zero-order chi connectivity index (χ0) is 13.1. The number of hydrogen-bond acceptors (Lipinski definition) is 4. The zero-order valence-corrected chi connectivity index (χ0v) is 12.1. The lowest BCUT2D eigenvalue weighted by Gasteiger charge is -2.39. The van der Waals surface area contributed by atoms with Crippen LogP contribution in [0.4, 0.5) is 0 Å². The van der Waals surface area contributed by atoms with Crippen molar-refractivity contribution < 1.29 is 5.11 Å². The molecule has 1 heterocycles. The van der Waals surface area contributed by atoms with Crippen molar-refractivity contribution in [1.82, 2.24) is 4.90 Å². The smallest absolute Gasteiger partial charge is 0.0695 e. The monoisotopic (exact) mass is 268 g/mol. The Morgan fingerprint density at radius 3 is 2.72 bits per heavy atom. The van der Waals surface area contributed by atoms with E-state index >= 15 is 0 Å². The van der Waals surface area contributed by atoms with Gasteiger partial charge in [-0.25, -0.2) is 0 Å². The Hall–Kier alpha value is -0.420. The molecule has 0 aliphatic heterocycles. The highest BCUT2D eigenvalue weighted by atomic mass is 32.1. The van der Waals surface area contributed by atoms with Crippen molar-refractivity contribution in [2.75, 3.05) is 13.6 Å². The molecule has 0 radical (unpaired) electrons. The molecule has 102 valence electrons. The first-order valence-corrected chi connectivity index (χ1v) is 7.61. The first kappa shape index (κ1) is 14.0. The fraction of sp³-hybridized carbons (Fsp3) is 0.714. The minimum atomic E-state index is -0.196. The largest absolute Gasteiger partial charge is 0.391 e. The molecule has 2 rings (SSSR count). The third-order valence-corrected chi connectivity index (χ3v) is 5.12. The molecular formula is C14H24N2OS. The topological polar surface area (TPSA) is 49.5 Å². The maximum atomic E-state index is 10.2. The van der Waals surface area contributed by atoms with Gasteiger partial charge in [0.25, 0.3) is 0 Å². The summed E-state index contributed by atoms with van der Waals surface area (Å²) in [5.41, 5.74) is 5.95. The van der Waals surface area contributed by atoms with Crippen LogP contribution in [0.1, 0.15) is 41.5 Å². The number of nitrogens with two attached hydrogens (primary N) is 1. The number of aryl methyl sites for hydroxylation is 1. The van der Waals surface area contributed by atoms with Gasteiger partial charge < -0.3 is 10.8 Å². The molecule has 1 aliphatic rings. The molecule has 0 spiro atoms. The van der Waals surface area contributed by atoms with Gasteiger partial charge in [0.1, 0.15) is 0 Å². The average molecular weight is 268 g/mol. The van der Waals surface area contributed by atoms with Gasteiger partial charge in [0.15, 0.2) is 0 Å². The summed E-state index contributed by atoms with van der Waals surface area (Å²) in [6, 6.07) is 4.81. The molecule has 1 fully saturated rings. The van der Waals surface area contributed by atoms with Crippen LogP contribution in [-0.2, 0) is 0 Å². The fourth-order valence-corrected chi connectivity index (χ4v) is 3.96. The van der Waals surface area contributed by atoms with Crippen LogP contribution in [0.2, 0.25) is 0 Å². The second kappa shape index (κ2) is 6.15. The first-order valence-electron chi connectivity index (χ1n) is 6.80. The van der Waals surface area contributed by atoms with Gasteiger partial charge in [-0.2, -0.15) is 0 Å². The Morgan fingerprint density at radius 2 is 2.17 bits per heavy atom. The molecule has 0 amide bonds. The molecule has 3 N–H and O–H groups in total. The number of aliphatic hydroxyl groups is 1. The van der Waals surface area contributed by atoms with E-state index < -0.39 is 0 Å². The second-order valence-electron chi connectivity index (χ2n) is 5.28. The lowest BCUT2D eigenvalue weighted by atomic mass is 9.90. The molecule has 3 unspecified atom stereocenters. The van der Waals surface area contributed by atoms with Crippen LogP contribution in [0.3, 0.4) is 0 Å². The van der Waals surface area contributed by atoms with Crippen molar-refractivity contribution in [1.29, 1.82) is 0 Å². The molecule has 0 aromatic carbocycles. The molecular weight excluding hydrogens is 244 g/mol. The summed E-state index contributed by atoms with van der Waals surface area (Å²) in [6.07, 6.45) is 4.18. The van der Waals surface area contributed by atoms with Gasteiger partial charge in [-0.05, 0) is 38.9 Å². The standard InChI is InChI=1S/C14H24N2OS/c1-10-7-8-14(18-10)12(9-15)16(2)11-5-3-4-6-13(11)17/h7-8,11-13,17H,3-6,9,15H2,1-2H3. The number of nitrogens with zero attached hydrogens (tertiary/aromatic N) is 1. The van der Waals surface area contributed by atoms with E-state index in [-0.39, 0.29) is 18.2 Å². The highest BCUT2D eigenvalue weighted by molar-refractivity contribution is 7.12. The summed E-state index contributed by atoms with van der Waals surface area (Å²) < 4.78 is 0. The Bertz CT molecular complexity index is 380. The van der Waals surface area contributed by atoms with Crippen molar-refractivity contribution in [3.8, 4) is 0 Å². The van der Waals surface area contributed by atoms with Crippen LogP contribution >= 0.6 is 11.3 Å². The zero-order valence-electron chi connectivity index (χ0n) is 11.3. The Morgan fingerprint density at radius 1 is 1.44 bits per heavy atom. The average Bonchev–Trinajstić information content (AvgIpc) is 2.77. The summed E-state index contributed by atoms with van der Waals surface area (Å²) >= 11 is 1.81. The summed E-state index contributed by atoms with van der Waals surface area (Å²) in [5.74, 6) is 0. The van der Waals surface area contributed by atoms with Crippen LogP contribution in [0, 0.1) is 6.92 Å². The highest BCUT2D eigenvalue weighted by Crippen LogP contribution is 2.31. The number of aliphatic hydroxyl groups excluding tert-OH is 1. The van der Waals surface area contributed by atoms with Crippen molar-refractivity contribution in [2.45, 2.75) is 50.8 Å². The normalized spacial score (nSPS) is 26.5. The van der Waals surface area contributed by atoms with Crippen LogP contribution in [-0.4, -0.2) is 35.7 Å². The second-order valence-corrected chi connectivity index (χ2v) is 6.60. The van der Waals surface area contributed by atoms with Crippen LogP contribution in [0.5, 0.6) is 0 Å². The third-order valence-electron chi connectivity index (χ3n) is 4.02. The fourth-order valence-electron chi connectivity index (χ4n) is 2.91. The van der Waals surface area contributed by atoms with Crippen molar-refractivity contribution in [3.05, 3.63) is 21.9 Å². The molecule has 1 saturated carbocycles. The first-order chi connectivity index (χ1) is 8.63. The molecule has 1 aromatic heterocycles. The minimum absolute atomic E-state index is 0.196. The Kier molecular flexibility index (Phi) is 4.78. The molecule has 3 nitrogen and oxygen atoms in total. The van der Waals surface area contributed by atoms with E-state index in [1.54, 1.807) is 0 Å². The summed E-state index contributed by atoms with van der Waals surface area (Å²) in [7, 11) is 2.10. The third kappa shape index (κ3) is 2.94. The lowest BCUT2D eigenvalue weighted by Crippen LogP contribution is -2.46. The number of hydrogen-bond donors (Lipinski definition) is 2. The minimum Gasteiger partial charge on any atom is -0.391 e. The van der Waals surface area contributed by atoms with E-state index in [0.717, 1.165) is 19.3 Å². The van der Waals surface area contributed by atoms with E-state index in [1.807, 2.05) is 11.3 Å². The molecule has 1 aromatic rings. The molecule has 3 atom stereocenters. The predicted octanol–water partition coefficient (Wildman–Crippen LogP) is 2.29. The number of likely N-dealkylation sites (N-methyl/N-ethyl adjacent to an activating group) is 1. The van der Waals surface area contributed by atoms with E-state index in [9.17, 15) is 5.11 Å². The van der Waals surface area contributed by atoms with Crippen LogP contribution in [0.15, 0.2) is 12.1 Å². The quantitative estimate of drug-likeness (QED) is 0.881. The van der Waals surface area contributed by atoms with Crippen LogP contribution in [0.25, 0.3) is 0 Å². The van der Waals surface area contributed by atoms with Gasteiger partial charge in [-0.3, -0.25) is 4.90 Å². The maximum absolute atomic E-state index is 10.2. The summed E-state index contributed by atoms with van der Waals surface area (Å²) in [5, 5.41) is 10.2. The van der Waals surface area contributed by atoms with E-state index in [1.165, 1.54) is 16.2 Å². The van der Waals surface area contributed by atoms with Crippen LogP contribution < -0.4 is 5.73 Å². The highest BCUT2D eigenvalue weighted by Gasteiger charge is 2.31. The molecule has 18 heavy (non-hydrogen) atoms. The van der Waals surface area contributed by atoms with Gasteiger partial charge in [0.05, 0.1) is 12.1 Å². The molecule has 1 aliphatic carbocycles. The Labute approximate surface area is 114 Å². The van der Waals surface area contributed by atoms with E-state index in [0.29, 0.717) is 6.54 Å². The van der Waals surface area contributed by atoms with Gasteiger partial charge in [-0.15, -0.1) is 11.3 Å². The van der Waals surface area contributed by atoms with Crippen molar-refractivity contribution in [3.63, 3.8) is 0 Å². The van der Waals surface area contributed by atoms with Gasteiger partial charge in [-0.1, -0.05) is 12.8 Å². The van der Waals surface area contributed by atoms with Gasteiger partial charge in [0.2, 0.25) is 0 Å². The predicted molar refractivity (Wildman–Crippen MR) is 76.9 cm³/mol. The van der Waals surface area contributed by atoms with Crippen molar-refractivity contribution in [2.24, 2.45) is 5.73 Å². The van der Waals surface area contributed by atoms with Gasteiger partial charge in [0, 0.05) is 22.3 Å². The maximum Gasteiger partial charge on any atom is 0.0695 e. The van der Waals surface area contributed by atoms with Crippen molar-refractivity contribution >= 4 is 11.3 Å². The molecule has 4 heteroatoms. The SMILES string of the molecule is Cc1ccc(C(CN)N(C)C2CCCCC2O)s1. The van der Waals surface area contributed by atoms with Gasteiger partial charge >= 0.3 is 0 Å². The van der Waals surface area contributed by atoms with E-state index in [2.05, 4.69) is 31.0 Å².